The van der Waals surface area contributed by atoms with Gasteiger partial charge in [0.05, 0.1) is 28.4 Å². The molecule has 0 radical (unpaired) electrons. The number of rotatable bonds is 18. The van der Waals surface area contributed by atoms with Crippen molar-refractivity contribution < 1.29 is 40.9 Å². The summed E-state index contributed by atoms with van der Waals surface area (Å²) in [6.07, 6.45) is 1.95. The molecular weight excluding hydrogens is 797 g/mol. The van der Waals surface area contributed by atoms with Crippen molar-refractivity contribution in [1.82, 2.24) is 28.2 Å². The Morgan fingerprint density at radius 2 is 0.864 bits per heavy atom. The van der Waals surface area contributed by atoms with E-state index in [1.54, 1.807) is 73.0 Å². The Labute approximate surface area is 346 Å². The first-order valence-electron chi connectivity index (χ1n) is 18.4. The Morgan fingerprint density at radius 3 is 1.15 bits per heavy atom. The molecule has 0 saturated carbocycles. The largest absolute Gasteiger partial charge is 0.497 e. The number of hydrogen-bond donors (Lipinski definition) is 1. The number of nitrogens with zero attached hydrogens (tertiary/aromatic N) is 6. The molecule has 0 aliphatic carbocycles. The van der Waals surface area contributed by atoms with Gasteiger partial charge in [0.15, 0.2) is 10.1 Å². The number of aliphatic hydroxyl groups is 1. The number of aryl methyl sites for hydroxylation is 2. The minimum Gasteiger partial charge on any atom is -0.497 e. The zero-order valence-corrected chi connectivity index (χ0v) is 35.6. The van der Waals surface area contributed by atoms with Crippen LogP contribution in [0.2, 0.25) is 0 Å². The van der Waals surface area contributed by atoms with Crippen LogP contribution in [0.5, 0.6) is 23.0 Å². The molecule has 0 bridgehead atoms. The molecule has 1 N–H and O–H groups in total. The normalized spacial score (nSPS) is 11.6. The van der Waals surface area contributed by atoms with Crippen LogP contribution < -0.4 is 18.9 Å². The van der Waals surface area contributed by atoms with Crippen LogP contribution in [0.15, 0.2) is 125 Å². The zero-order valence-electron chi connectivity index (χ0n) is 33.9. The number of methoxy groups -OCH3 is 4. The molecule has 2 aromatic heterocycles. The summed E-state index contributed by atoms with van der Waals surface area (Å²) >= 11 is 0. The first-order chi connectivity index (χ1) is 28.3. The van der Waals surface area contributed by atoms with Gasteiger partial charge in [-0.3, -0.25) is 9.36 Å². The van der Waals surface area contributed by atoms with Crippen molar-refractivity contribution in [2.45, 2.75) is 42.7 Å². The molecule has 0 spiro atoms. The van der Waals surface area contributed by atoms with Crippen LogP contribution in [0, 0.1) is 0 Å². The van der Waals surface area contributed by atoms with Gasteiger partial charge in [0, 0.05) is 65.2 Å². The van der Waals surface area contributed by atoms with E-state index in [9.17, 15) is 21.9 Å². The summed E-state index contributed by atoms with van der Waals surface area (Å²) in [5, 5.41) is 17.5. The maximum absolute atomic E-state index is 13.5. The summed E-state index contributed by atoms with van der Waals surface area (Å²) < 4.78 is 79.9. The molecule has 314 valence electrons. The Hall–Kier alpha value is -5.72. The van der Waals surface area contributed by atoms with Gasteiger partial charge in [-0.05, 0) is 82.9 Å². The van der Waals surface area contributed by atoms with Gasteiger partial charge in [-0.1, -0.05) is 48.5 Å². The fourth-order valence-electron chi connectivity index (χ4n) is 5.94. The van der Waals surface area contributed by atoms with Crippen molar-refractivity contribution in [2.24, 2.45) is 14.1 Å². The third-order valence-electron chi connectivity index (χ3n) is 9.29. The topological polar surface area (TPSA) is 168 Å². The van der Waals surface area contributed by atoms with Crippen molar-refractivity contribution in [1.29, 1.82) is 0 Å². The van der Waals surface area contributed by atoms with E-state index in [-0.39, 0.29) is 42.8 Å². The molecule has 59 heavy (non-hydrogen) atoms. The Kier molecular flexibility index (Phi) is 15.3. The molecule has 15 nitrogen and oxygen atoms in total. The molecule has 0 unspecified atom stereocenters. The molecule has 0 aliphatic heterocycles. The molecule has 6 aromatic rings. The molecule has 2 heterocycles. The van der Waals surface area contributed by atoms with Gasteiger partial charge in [0.2, 0.25) is 0 Å². The fraction of sp³-hybridized carbons (Fsp3) is 0.286. The van der Waals surface area contributed by atoms with Crippen molar-refractivity contribution in [3.05, 3.63) is 143 Å². The Bertz CT molecular complexity index is 2350. The summed E-state index contributed by atoms with van der Waals surface area (Å²) in [4.78, 5) is 0. The predicted molar refractivity (Wildman–Crippen MR) is 222 cm³/mol. The number of benzene rings is 4. The highest BCUT2D eigenvalue weighted by molar-refractivity contribution is 7.89. The summed E-state index contributed by atoms with van der Waals surface area (Å²) in [5.74, 6) is 2.84. The lowest BCUT2D eigenvalue weighted by molar-refractivity contribution is 0.296. The van der Waals surface area contributed by atoms with Crippen LogP contribution in [0.25, 0.3) is 0 Å². The lowest BCUT2D eigenvalue weighted by Crippen LogP contribution is -2.30. The van der Waals surface area contributed by atoms with Crippen LogP contribution in [0.4, 0.5) is 0 Å². The van der Waals surface area contributed by atoms with E-state index in [1.807, 2.05) is 72.8 Å². The van der Waals surface area contributed by atoms with E-state index in [1.165, 1.54) is 30.1 Å². The lowest BCUT2D eigenvalue weighted by Gasteiger charge is -2.21. The third kappa shape index (κ3) is 11.7. The molecular formula is C42H50N6O9S2. The fourth-order valence-corrected chi connectivity index (χ4v) is 8.72. The number of sulfonamides is 2. The van der Waals surface area contributed by atoms with Crippen LogP contribution in [-0.4, -0.2) is 85.2 Å². The second-order valence-electron chi connectivity index (χ2n) is 13.3. The monoisotopic (exact) mass is 846 g/mol. The molecule has 17 heteroatoms. The van der Waals surface area contributed by atoms with Crippen LogP contribution >= 0.6 is 0 Å². The summed E-state index contributed by atoms with van der Waals surface area (Å²) in [6.45, 7) is 0.693. The first-order valence-corrected chi connectivity index (χ1v) is 21.3. The molecule has 0 atom stereocenters. The standard InChI is InChI=1S/C22H27N3O5S.C20H23N3O4S/c1-24-19(12-13-26)14-22(23-24)31(27,28)25(15-17-4-8-20(29-2)9-5-17)16-18-6-10-21(30-3)11-7-18;1-22-13-12-20(21-22)28(24,25)23(14-16-4-8-18(26-2)9-5-16)15-17-6-10-19(27-3)11-7-17/h4-11,14,26H,12-13,15-16H2,1-3H3;4-13H,14-15H2,1-3H3. The molecule has 0 saturated heterocycles. The average Bonchev–Trinajstić information content (AvgIpc) is 3.87. The Balaban J connectivity index is 0.000000225. The number of hydrogen-bond acceptors (Lipinski definition) is 11. The van der Waals surface area contributed by atoms with Gasteiger partial charge in [-0.15, -0.1) is 0 Å². The third-order valence-corrected chi connectivity index (χ3v) is 12.6. The zero-order chi connectivity index (χ0) is 42.6. The molecule has 6 rings (SSSR count). The summed E-state index contributed by atoms with van der Waals surface area (Å²) in [6, 6.07) is 32.2. The van der Waals surface area contributed by atoms with E-state index in [4.69, 9.17) is 18.9 Å². The molecule has 0 aliphatic rings. The predicted octanol–water partition coefficient (Wildman–Crippen LogP) is 5.19. The van der Waals surface area contributed by atoms with E-state index in [0.29, 0.717) is 23.6 Å². The summed E-state index contributed by atoms with van der Waals surface area (Å²) in [5.41, 5.74) is 4.01. The molecule has 0 fully saturated rings. The lowest BCUT2D eigenvalue weighted by atomic mass is 10.2. The smallest absolute Gasteiger partial charge is 0.262 e. The SMILES string of the molecule is COc1ccc(CN(Cc2ccc(OC)cc2)S(=O)(=O)c2cc(CCO)n(C)n2)cc1.COc1ccc(CN(Cc2ccc(OC)cc2)S(=O)(=O)c2ccn(C)n2)cc1. The average molecular weight is 847 g/mol. The van der Waals surface area contributed by atoms with E-state index in [2.05, 4.69) is 10.2 Å². The second kappa shape index (κ2) is 20.3. The highest BCUT2D eigenvalue weighted by atomic mass is 32.2. The maximum Gasteiger partial charge on any atom is 0.262 e. The second-order valence-corrected chi connectivity index (χ2v) is 17.1. The first kappa shape index (κ1) is 44.4. The van der Waals surface area contributed by atoms with Gasteiger partial charge in [0.1, 0.15) is 23.0 Å². The van der Waals surface area contributed by atoms with E-state index >= 15 is 0 Å². The van der Waals surface area contributed by atoms with Crippen molar-refractivity contribution in [3.8, 4) is 23.0 Å². The summed E-state index contributed by atoms with van der Waals surface area (Å²) in [7, 11) is 2.05. The van der Waals surface area contributed by atoms with Gasteiger partial charge in [0.25, 0.3) is 20.0 Å². The quantitative estimate of drug-likeness (QED) is 0.121. The van der Waals surface area contributed by atoms with E-state index < -0.39 is 20.0 Å². The number of aliphatic hydroxyl groups excluding tert-OH is 1. The molecule has 0 amide bonds. The van der Waals surface area contributed by atoms with Crippen LogP contribution in [0.3, 0.4) is 0 Å². The number of ether oxygens (including phenoxy) is 4. The highest BCUT2D eigenvalue weighted by Crippen LogP contribution is 2.25. The van der Waals surface area contributed by atoms with Gasteiger partial charge in [-0.25, -0.2) is 16.8 Å². The Morgan fingerprint density at radius 1 is 0.525 bits per heavy atom. The van der Waals surface area contributed by atoms with Crippen molar-refractivity contribution in [2.75, 3.05) is 35.0 Å². The van der Waals surface area contributed by atoms with E-state index in [0.717, 1.165) is 33.8 Å². The van der Waals surface area contributed by atoms with Crippen molar-refractivity contribution >= 4 is 20.0 Å². The van der Waals surface area contributed by atoms with Crippen LogP contribution in [-0.2, 0) is 66.7 Å². The van der Waals surface area contributed by atoms with Gasteiger partial charge < -0.3 is 24.1 Å². The minimum atomic E-state index is -3.89. The number of aromatic nitrogens is 4. The minimum absolute atomic E-state index is 0.0250. The highest BCUT2D eigenvalue weighted by Gasteiger charge is 2.29. The maximum atomic E-state index is 13.5. The van der Waals surface area contributed by atoms with Crippen LogP contribution in [0.1, 0.15) is 27.9 Å². The van der Waals surface area contributed by atoms with Crippen molar-refractivity contribution in [3.63, 3.8) is 0 Å². The van der Waals surface area contributed by atoms with Gasteiger partial charge >= 0.3 is 0 Å². The van der Waals surface area contributed by atoms with Gasteiger partial charge in [-0.2, -0.15) is 18.8 Å². The molecule has 4 aromatic carbocycles.